The van der Waals surface area contributed by atoms with Crippen molar-refractivity contribution in [3.8, 4) is 5.75 Å². The van der Waals surface area contributed by atoms with Gasteiger partial charge >= 0.3 is 6.03 Å². The van der Waals surface area contributed by atoms with Gasteiger partial charge < -0.3 is 24.7 Å². The first-order valence-electron chi connectivity index (χ1n) is 10.1. The molecule has 2 aromatic heterocycles. The lowest BCUT2D eigenvalue weighted by atomic mass is 9.95. The smallest absolute Gasteiger partial charge is 0.322 e. The third kappa shape index (κ3) is 3.34. The number of hydrogen-bond donors (Lipinski definition) is 3. The molecule has 3 aromatic rings. The van der Waals surface area contributed by atoms with E-state index in [9.17, 15) is 19.2 Å². The van der Waals surface area contributed by atoms with E-state index >= 15 is 0 Å². The number of fused-ring (bicyclic) bond motifs is 2. The van der Waals surface area contributed by atoms with E-state index < -0.39 is 17.5 Å². The van der Waals surface area contributed by atoms with Gasteiger partial charge in [-0.1, -0.05) is 6.07 Å². The van der Waals surface area contributed by atoms with Gasteiger partial charge in [-0.3, -0.25) is 19.7 Å². The summed E-state index contributed by atoms with van der Waals surface area (Å²) >= 11 is 0. The second-order valence-corrected chi connectivity index (χ2v) is 7.88. The lowest BCUT2D eigenvalue weighted by Crippen LogP contribution is -2.52. The van der Waals surface area contributed by atoms with Crippen LogP contribution in [0.1, 0.15) is 28.6 Å². The number of furan rings is 1. The van der Waals surface area contributed by atoms with E-state index in [4.69, 9.17) is 9.15 Å². The number of pyridine rings is 1. The third-order valence-corrected chi connectivity index (χ3v) is 5.67. The van der Waals surface area contributed by atoms with Crippen LogP contribution < -0.4 is 20.7 Å². The molecule has 33 heavy (non-hydrogen) atoms. The monoisotopic (exact) mass is 449 g/mol. The molecule has 1 aromatic carbocycles. The molecule has 4 heterocycles. The Morgan fingerprint density at radius 1 is 1.24 bits per heavy atom. The molecule has 5 amide bonds. The molecule has 0 spiro atoms. The van der Waals surface area contributed by atoms with Gasteiger partial charge in [0.25, 0.3) is 11.8 Å². The molecule has 3 N–H and O–H groups in total. The van der Waals surface area contributed by atoms with Gasteiger partial charge in [0.15, 0.2) is 5.54 Å². The average molecular weight is 449 g/mol. The Labute approximate surface area is 187 Å². The molecule has 0 aliphatic carbocycles. The maximum Gasteiger partial charge on any atom is 0.322 e. The van der Waals surface area contributed by atoms with Gasteiger partial charge in [0.2, 0.25) is 11.6 Å². The van der Waals surface area contributed by atoms with Crippen molar-refractivity contribution in [1.82, 2.24) is 20.5 Å². The highest BCUT2D eigenvalue weighted by Crippen LogP contribution is 2.34. The Morgan fingerprint density at radius 2 is 2.06 bits per heavy atom. The summed E-state index contributed by atoms with van der Waals surface area (Å²) in [5.41, 5.74) is -0.217. The summed E-state index contributed by atoms with van der Waals surface area (Å²) in [5, 5.41) is 7.99. The fourth-order valence-corrected chi connectivity index (χ4v) is 4.11. The summed E-state index contributed by atoms with van der Waals surface area (Å²) in [4.78, 5) is 55.2. The molecule has 11 heteroatoms. The van der Waals surface area contributed by atoms with Crippen LogP contribution in [-0.2, 0) is 21.7 Å². The number of hydrogen-bond acceptors (Lipinski definition) is 7. The van der Waals surface area contributed by atoms with Crippen LogP contribution in [0.4, 0.5) is 10.6 Å². The summed E-state index contributed by atoms with van der Waals surface area (Å²) in [6, 6.07) is 9.35. The fraction of sp³-hybridized carbons (Fsp3) is 0.227. The number of urea groups is 1. The number of nitrogens with zero attached hydrogens (tertiary/aromatic N) is 2. The number of imide groups is 1. The normalized spacial score (nSPS) is 19.5. The largest absolute Gasteiger partial charge is 0.497 e. The minimum Gasteiger partial charge on any atom is -0.497 e. The summed E-state index contributed by atoms with van der Waals surface area (Å²) in [7, 11) is 1.51. The fourth-order valence-electron chi connectivity index (χ4n) is 4.11. The Bertz CT molecular complexity index is 1350. The van der Waals surface area contributed by atoms with Gasteiger partial charge in [-0.05, 0) is 35.9 Å². The molecular weight excluding hydrogens is 430 g/mol. The van der Waals surface area contributed by atoms with Crippen LogP contribution in [0, 0.1) is 0 Å². The number of aromatic nitrogens is 1. The molecule has 2 aliphatic heterocycles. The molecule has 11 nitrogen and oxygen atoms in total. The Kier molecular flexibility index (Phi) is 4.55. The van der Waals surface area contributed by atoms with Crippen molar-refractivity contribution in [3.63, 3.8) is 0 Å². The summed E-state index contributed by atoms with van der Waals surface area (Å²) in [6.45, 7) is 1.46. The zero-order chi connectivity index (χ0) is 23.3. The molecule has 1 fully saturated rings. The minimum atomic E-state index is -1.65. The number of benzene rings is 1. The Morgan fingerprint density at radius 3 is 2.76 bits per heavy atom. The number of carbonyl (C=O) groups excluding carboxylic acids is 4. The molecule has 0 bridgehead atoms. The van der Waals surface area contributed by atoms with Gasteiger partial charge in [0.1, 0.15) is 17.3 Å². The number of ether oxygens (including phenoxy) is 1. The van der Waals surface area contributed by atoms with Gasteiger partial charge in [-0.15, -0.1) is 0 Å². The molecule has 1 unspecified atom stereocenters. The number of nitrogens with one attached hydrogen (secondary N) is 3. The number of amides is 5. The lowest BCUT2D eigenvalue weighted by molar-refractivity contribution is -0.125. The van der Waals surface area contributed by atoms with Crippen LogP contribution >= 0.6 is 0 Å². The van der Waals surface area contributed by atoms with Crippen molar-refractivity contribution in [1.29, 1.82) is 0 Å². The second-order valence-electron chi connectivity index (χ2n) is 7.88. The summed E-state index contributed by atoms with van der Waals surface area (Å²) in [5.74, 6) is -0.284. The van der Waals surface area contributed by atoms with Crippen molar-refractivity contribution in [2.75, 3.05) is 19.0 Å². The summed E-state index contributed by atoms with van der Waals surface area (Å²) < 4.78 is 11.1. The van der Waals surface area contributed by atoms with Crippen LogP contribution in [0.15, 0.2) is 40.8 Å². The first kappa shape index (κ1) is 20.5. The molecule has 2 aliphatic rings. The van der Waals surface area contributed by atoms with Crippen LogP contribution in [0.3, 0.4) is 0 Å². The Hall–Kier alpha value is -4.41. The average Bonchev–Trinajstić information content (AvgIpc) is 3.41. The molecular formula is C22H19N5O6. The van der Waals surface area contributed by atoms with Crippen molar-refractivity contribution < 1.29 is 28.3 Å². The number of carbonyl (C=O) groups is 4. The standard InChI is InChI=1S/C22H19N5O6/c1-11(28)23-17-6-4-12-7-16(33-18(12)24-17)22(20(30)25-21(31)26-22)10-27-9-13-3-5-14(32-2)8-15(13)19(27)29/h3-8H,9-10H2,1-2H3,(H,23,24,28)(H2,25,26,30,31). The van der Waals surface area contributed by atoms with E-state index in [1.54, 1.807) is 36.4 Å². The number of methoxy groups -OCH3 is 1. The van der Waals surface area contributed by atoms with Crippen LogP contribution in [0.2, 0.25) is 0 Å². The molecule has 0 radical (unpaired) electrons. The SMILES string of the molecule is COc1ccc2c(c1)C(=O)N(CC1(c3cc4ccc(NC(C)=O)nc4o3)NC(=O)NC1=O)C2. The van der Waals surface area contributed by atoms with Crippen LogP contribution in [-0.4, -0.2) is 47.3 Å². The molecule has 1 atom stereocenters. The van der Waals surface area contributed by atoms with E-state index in [1.165, 1.54) is 18.9 Å². The van der Waals surface area contributed by atoms with Crippen LogP contribution in [0.5, 0.6) is 5.75 Å². The first-order valence-corrected chi connectivity index (χ1v) is 10.1. The Balaban J connectivity index is 1.52. The highest BCUT2D eigenvalue weighted by atomic mass is 16.5. The first-order chi connectivity index (χ1) is 15.8. The molecule has 5 rings (SSSR count). The highest BCUT2D eigenvalue weighted by molar-refractivity contribution is 6.08. The van der Waals surface area contributed by atoms with Gasteiger partial charge in [0.05, 0.1) is 13.7 Å². The molecule has 0 saturated carbocycles. The van der Waals surface area contributed by atoms with E-state index in [0.29, 0.717) is 16.7 Å². The number of rotatable bonds is 5. The molecule has 1 saturated heterocycles. The number of anilines is 1. The van der Waals surface area contributed by atoms with Crippen molar-refractivity contribution in [2.24, 2.45) is 0 Å². The van der Waals surface area contributed by atoms with Gasteiger partial charge in [0, 0.05) is 24.4 Å². The maximum absolute atomic E-state index is 13.1. The lowest BCUT2D eigenvalue weighted by Gasteiger charge is -2.28. The minimum absolute atomic E-state index is 0.120. The summed E-state index contributed by atoms with van der Waals surface area (Å²) in [6.07, 6.45) is 0. The van der Waals surface area contributed by atoms with E-state index in [-0.39, 0.29) is 42.2 Å². The van der Waals surface area contributed by atoms with E-state index in [2.05, 4.69) is 20.9 Å². The quantitative estimate of drug-likeness (QED) is 0.501. The zero-order valence-electron chi connectivity index (χ0n) is 17.7. The van der Waals surface area contributed by atoms with Crippen molar-refractivity contribution >= 4 is 40.7 Å². The van der Waals surface area contributed by atoms with E-state index in [0.717, 1.165) is 5.56 Å². The van der Waals surface area contributed by atoms with Gasteiger partial charge in [-0.25, -0.2) is 4.79 Å². The van der Waals surface area contributed by atoms with Crippen molar-refractivity contribution in [3.05, 3.63) is 53.3 Å². The topological polar surface area (TPSA) is 143 Å². The van der Waals surface area contributed by atoms with E-state index in [1.807, 2.05) is 0 Å². The second kappa shape index (κ2) is 7.33. The predicted molar refractivity (Wildman–Crippen MR) is 114 cm³/mol. The predicted octanol–water partition coefficient (Wildman–Crippen LogP) is 1.49. The van der Waals surface area contributed by atoms with Gasteiger partial charge in [-0.2, -0.15) is 4.98 Å². The van der Waals surface area contributed by atoms with Crippen molar-refractivity contribution in [2.45, 2.75) is 19.0 Å². The van der Waals surface area contributed by atoms with Crippen LogP contribution in [0.25, 0.3) is 11.1 Å². The highest BCUT2D eigenvalue weighted by Gasteiger charge is 2.53. The zero-order valence-corrected chi connectivity index (χ0v) is 17.7. The molecule has 168 valence electrons. The maximum atomic E-state index is 13.1. The third-order valence-electron chi connectivity index (χ3n) is 5.67.